The average molecular weight is 831 g/mol. The molecular weight excluding hydrogens is 776 g/mol. The molecule has 0 saturated carbocycles. The Hall–Kier alpha value is -2.80. The first-order chi connectivity index (χ1) is 26.8. The van der Waals surface area contributed by atoms with Crippen molar-refractivity contribution in [3.05, 3.63) is 0 Å². The van der Waals surface area contributed by atoms with E-state index >= 15 is 0 Å². The molecule has 0 bridgehead atoms. The van der Waals surface area contributed by atoms with Gasteiger partial charge in [0, 0.05) is 27.7 Å². The molecule has 4 rings (SSSR count). The first-order valence-corrected chi connectivity index (χ1v) is 18.0. The predicted octanol–water partition coefficient (Wildman–Crippen LogP) is -9.17. The van der Waals surface area contributed by atoms with Crippen molar-refractivity contribution in [2.45, 2.75) is 150 Å². The SMILES string of the molecule is CC(=O)N[C@H]1[C@H](OC[C@H]2OC(O)[C@H](NC(C)=O)[C@@H](O[C@@H]3O[C@H](CO)[C@@H](O)[C@H](O)[C@H]3NC(C)=O)[C@@H]2O[C@@H]2O[C@H](CO)[C@@H](O)[C@H](O)[C@H]2NC(C)=O)O[C@H](CO)[C@@H](O)[C@@H]1O. The number of hydrogen-bond donors (Lipinski definition) is 14. The third-order valence-corrected chi connectivity index (χ3v) is 9.80. The van der Waals surface area contributed by atoms with Crippen molar-refractivity contribution < 1.29 is 103 Å². The van der Waals surface area contributed by atoms with Crippen LogP contribution in [0.2, 0.25) is 0 Å². The fraction of sp³-hybridized carbons (Fsp3) is 0.875. The van der Waals surface area contributed by atoms with Crippen LogP contribution in [0, 0.1) is 0 Å². The third-order valence-electron chi connectivity index (χ3n) is 9.80. The Morgan fingerprint density at radius 2 is 0.789 bits per heavy atom. The molecule has 0 aliphatic carbocycles. The second kappa shape index (κ2) is 20.4. The standard InChI is InChI=1S/C32H54N4O21/c1-9(40)33-17-24(47)21(44)13(5-37)53-30(17)51-8-16-27(56-31-18(34-10(2)41)25(48)22(45)14(6-38)54-31)28(20(29(50)52-16)36-12(4)43)57-32-19(35-11(3)42)26(49)23(46)15(7-39)55-32/h13-32,37-39,44-50H,5-8H2,1-4H3,(H,33,40)(H,34,41)(H,35,42)(H,36,43)/t13-,14-,15-,16-,17-,18-,19-,20-,21-,22-,23-,24-,25-,26-,27-,28-,29?,30-,31+,32+/m1/s1. The van der Waals surface area contributed by atoms with Crippen LogP contribution in [0.15, 0.2) is 0 Å². The summed E-state index contributed by atoms with van der Waals surface area (Å²) in [7, 11) is 0. The van der Waals surface area contributed by atoms with E-state index < -0.39 is 173 Å². The molecule has 4 aliphatic rings. The van der Waals surface area contributed by atoms with Crippen molar-refractivity contribution >= 4 is 23.6 Å². The van der Waals surface area contributed by atoms with Crippen molar-refractivity contribution in [3.63, 3.8) is 0 Å². The molecule has 25 heteroatoms. The van der Waals surface area contributed by atoms with Gasteiger partial charge in [-0.05, 0) is 0 Å². The van der Waals surface area contributed by atoms with Crippen molar-refractivity contribution in [2.24, 2.45) is 0 Å². The number of nitrogens with one attached hydrogen (secondary N) is 4. The highest BCUT2D eigenvalue weighted by molar-refractivity contribution is 5.74. The molecule has 0 aromatic rings. The number of hydrogen-bond acceptors (Lipinski definition) is 21. The molecule has 4 amide bonds. The fourth-order valence-electron chi connectivity index (χ4n) is 7.05. The number of carbonyl (C=O) groups excluding carboxylic acids is 4. The lowest BCUT2D eigenvalue weighted by Crippen LogP contribution is -2.71. The zero-order valence-electron chi connectivity index (χ0n) is 31.3. The zero-order valence-corrected chi connectivity index (χ0v) is 31.3. The smallest absolute Gasteiger partial charge is 0.217 e. The highest BCUT2D eigenvalue weighted by Gasteiger charge is 2.56. The highest BCUT2D eigenvalue weighted by Crippen LogP contribution is 2.34. The van der Waals surface area contributed by atoms with Gasteiger partial charge < -0.3 is 105 Å². The molecule has 4 fully saturated rings. The summed E-state index contributed by atoms with van der Waals surface area (Å²) in [5, 5.41) is 115. The summed E-state index contributed by atoms with van der Waals surface area (Å²) in [6.45, 7) is 1.01. The van der Waals surface area contributed by atoms with Crippen molar-refractivity contribution in [1.82, 2.24) is 21.3 Å². The summed E-state index contributed by atoms with van der Waals surface area (Å²) in [6.07, 6.45) is -27.6. The van der Waals surface area contributed by atoms with Crippen LogP contribution < -0.4 is 21.3 Å². The van der Waals surface area contributed by atoms with Crippen LogP contribution in [0.5, 0.6) is 0 Å². The monoisotopic (exact) mass is 830 g/mol. The number of ether oxygens (including phenoxy) is 7. The largest absolute Gasteiger partial charge is 0.394 e. The number of rotatable bonds is 14. The van der Waals surface area contributed by atoms with Crippen LogP contribution in [-0.4, -0.2) is 224 Å². The van der Waals surface area contributed by atoms with E-state index in [0.717, 1.165) is 27.7 Å². The van der Waals surface area contributed by atoms with Gasteiger partial charge >= 0.3 is 0 Å². The maximum atomic E-state index is 12.5. The molecule has 4 saturated heterocycles. The maximum Gasteiger partial charge on any atom is 0.217 e. The zero-order chi connectivity index (χ0) is 42.5. The molecule has 4 heterocycles. The van der Waals surface area contributed by atoms with Gasteiger partial charge in [-0.15, -0.1) is 0 Å². The van der Waals surface area contributed by atoms with E-state index in [4.69, 9.17) is 33.2 Å². The summed E-state index contributed by atoms with van der Waals surface area (Å²) in [4.78, 5) is 49.0. The van der Waals surface area contributed by atoms with Crippen LogP contribution in [0.4, 0.5) is 0 Å². The van der Waals surface area contributed by atoms with Gasteiger partial charge in [0.05, 0.1) is 26.4 Å². The van der Waals surface area contributed by atoms with Gasteiger partial charge in [0.2, 0.25) is 23.6 Å². The van der Waals surface area contributed by atoms with E-state index in [9.17, 15) is 70.2 Å². The van der Waals surface area contributed by atoms with Crippen LogP contribution in [-0.2, 0) is 52.3 Å². The number of carbonyl (C=O) groups is 4. The Kier molecular flexibility index (Phi) is 16.8. The summed E-state index contributed by atoms with van der Waals surface area (Å²) in [6, 6.07) is -6.28. The molecule has 20 atom stereocenters. The topological polar surface area (TPSA) is 383 Å². The lowest BCUT2D eigenvalue weighted by Gasteiger charge is -2.51. The molecule has 328 valence electrons. The maximum absolute atomic E-state index is 12.5. The molecule has 57 heavy (non-hydrogen) atoms. The number of amides is 4. The van der Waals surface area contributed by atoms with E-state index in [1.165, 1.54) is 0 Å². The Morgan fingerprint density at radius 1 is 0.456 bits per heavy atom. The van der Waals surface area contributed by atoms with Gasteiger partial charge in [0.1, 0.15) is 97.4 Å². The van der Waals surface area contributed by atoms with Crippen molar-refractivity contribution in [1.29, 1.82) is 0 Å². The molecule has 14 N–H and O–H groups in total. The lowest BCUT2D eigenvalue weighted by atomic mass is 9.93. The molecule has 0 aromatic heterocycles. The third kappa shape index (κ3) is 11.1. The van der Waals surface area contributed by atoms with Gasteiger partial charge in [-0.2, -0.15) is 0 Å². The van der Waals surface area contributed by atoms with Gasteiger partial charge in [-0.3, -0.25) is 19.2 Å². The minimum atomic E-state index is -2.02. The quantitative estimate of drug-likeness (QED) is 0.0773. The van der Waals surface area contributed by atoms with Gasteiger partial charge in [0.25, 0.3) is 0 Å². The molecule has 1 unspecified atom stereocenters. The Labute approximate surface area is 325 Å². The summed E-state index contributed by atoms with van der Waals surface area (Å²) in [5.74, 6) is -2.92. The second-order valence-electron chi connectivity index (χ2n) is 14.1. The van der Waals surface area contributed by atoms with Crippen LogP contribution >= 0.6 is 0 Å². The van der Waals surface area contributed by atoms with Crippen LogP contribution in [0.1, 0.15) is 27.7 Å². The average Bonchev–Trinajstić information content (AvgIpc) is 3.14. The minimum Gasteiger partial charge on any atom is -0.394 e. The first kappa shape index (κ1) is 46.9. The molecular formula is C32H54N4O21. The van der Waals surface area contributed by atoms with Crippen LogP contribution in [0.25, 0.3) is 0 Å². The highest BCUT2D eigenvalue weighted by atomic mass is 16.8. The summed E-state index contributed by atoms with van der Waals surface area (Å²) in [5.41, 5.74) is 0. The molecule has 25 nitrogen and oxygen atoms in total. The van der Waals surface area contributed by atoms with Crippen LogP contribution in [0.3, 0.4) is 0 Å². The van der Waals surface area contributed by atoms with Crippen molar-refractivity contribution in [2.75, 3.05) is 26.4 Å². The fourth-order valence-corrected chi connectivity index (χ4v) is 7.05. The van der Waals surface area contributed by atoms with Gasteiger partial charge in [-0.25, -0.2) is 0 Å². The first-order valence-electron chi connectivity index (χ1n) is 18.0. The molecule has 4 aliphatic heterocycles. The Bertz CT molecular complexity index is 1370. The van der Waals surface area contributed by atoms with E-state index in [1.807, 2.05) is 0 Å². The van der Waals surface area contributed by atoms with Gasteiger partial charge in [-0.1, -0.05) is 0 Å². The Balaban J connectivity index is 1.81. The predicted molar refractivity (Wildman–Crippen MR) is 180 cm³/mol. The lowest BCUT2D eigenvalue weighted by molar-refractivity contribution is -0.360. The van der Waals surface area contributed by atoms with Crippen molar-refractivity contribution in [3.8, 4) is 0 Å². The van der Waals surface area contributed by atoms with E-state index in [1.54, 1.807) is 0 Å². The Morgan fingerprint density at radius 3 is 1.16 bits per heavy atom. The van der Waals surface area contributed by atoms with Gasteiger partial charge in [0.15, 0.2) is 25.2 Å². The normalized spacial score (nSPS) is 43.8. The summed E-state index contributed by atoms with van der Waals surface area (Å²) >= 11 is 0. The number of aliphatic hydroxyl groups excluding tert-OH is 10. The minimum absolute atomic E-state index is 0.685. The van der Waals surface area contributed by atoms with E-state index in [2.05, 4.69) is 21.3 Å². The number of aliphatic hydroxyl groups is 10. The second-order valence-corrected chi connectivity index (χ2v) is 14.1. The molecule has 0 radical (unpaired) electrons. The van der Waals surface area contributed by atoms with E-state index in [-0.39, 0.29) is 0 Å². The van der Waals surface area contributed by atoms with E-state index in [0.29, 0.717) is 0 Å². The molecule has 0 aromatic carbocycles. The molecule has 0 spiro atoms. The summed E-state index contributed by atoms with van der Waals surface area (Å²) < 4.78 is 41.4.